The molecule has 2 aliphatic rings. The van der Waals surface area contributed by atoms with Crippen molar-refractivity contribution >= 4 is 6.03 Å². The number of carbonyl (C=O) groups is 1. The molecule has 1 atom stereocenters. The fourth-order valence-corrected chi connectivity index (χ4v) is 3.85. The molecule has 0 bridgehead atoms. The highest BCUT2D eigenvalue weighted by molar-refractivity contribution is 5.74. The molecule has 5 heteroatoms. The van der Waals surface area contributed by atoms with Crippen molar-refractivity contribution in [1.82, 2.24) is 20.0 Å². The van der Waals surface area contributed by atoms with Gasteiger partial charge in [0.05, 0.1) is 0 Å². The Kier molecular flexibility index (Phi) is 6.32. The summed E-state index contributed by atoms with van der Waals surface area (Å²) in [5.41, 5.74) is 1.41. The van der Waals surface area contributed by atoms with Gasteiger partial charge in [-0.1, -0.05) is 30.3 Å². The Bertz CT molecular complexity index is 540. The van der Waals surface area contributed by atoms with Gasteiger partial charge in [-0.2, -0.15) is 0 Å². The van der Waals surface area contributed by atoms with Crippen LogP contribution in [0.25, 0.3) is 0 Å². The van der Waals surface area contributed by atoms with Gasteiger partial charge in [-0.05, 0) is 45.3 Å². The second-order valence-electron chi connectivity index (χ2n) is 7.65. The third-order valence-corrected chi connectivity index (χ3v) is 5.66. The minimum atomic E-state index is 0.132. The van der Waals surface area contributed by atoms with Crippen molar-refractivity contribution in [3.05, 3.63) is 35.9 Å². The Morgan fingerprint density at radius 1 is 1.12 bits per heavy atom. The second kappa shape index (κ2) is 8.68. The predicted octanol–water partition coefficient (Wildman–Crippen LogP) is 2.04. The second-order valence-corrected chi connectivity index (χ2v) is 7.65. The molecule has 2 fully saturated rings. The van der Waals surface area contributed by atoms with Crippen molar-refractivity contribution in [1.29, 1.82) is 0 Å². The summed E-state index contributed by atoms with van der Waals surface area (Å²) in [6.07, 6.45) is 4.31. The van der Waals surface area contributed by atoms with Gasteiger partial charge in [-0.25, -0.2) is 4.79 Å². The van der Waals surface area contributed by atoms with E-state index in [1.807, 2.05) is 4.90 Å². The van der Waals surface area contributed by atoms with E-state index in [0.29, 0.717) is 12.1 Å². The van der Waals surface area contributed by atoms with Gasteiger partial charge < -0.3 is 20.0 Å². The van der Waals surface area contributed by atoms with E-state index < -0.39 is 0 Å². The summed E-state index contributed by atoms with van der Waals surface area (Å²) >= 11 is 0. The number of carbonyl (C=O) groups excluding carboxylic acids is 1. The van der Waals surface area contributed by atoms with Crippen LogP contribution in [0, 0.1) is 0 Å². The molecule has 5 nitrogen and oxygen atoms in total. The summed E-state index contributed by atoms with van der Waals surface area (Å²) in [6, 6.07) is 11.6. The van der Waals surface area contributed by atoms with E-state index in [-0.39, 0.29) is 6.03 Å². The number of hydrogen-bond donors (Lipinski definition) is 1. The molecule has 1 aromatic carbocycles. The average Bonchev–Trinajstić information content (AvgIpc) is 3.13. The Labute approximate surface area is 152 Å². The quantitative estimate of drug-likeness (QED) is 0.888. The van der Waals surface area contributed by atoms with E-state index >= 15 is 0 Å². The van der Waals surface area contributed by atoms with E-state index in [0.717, 1.165) is 58.4 Å². The Morgan fingerprint density at radius 2 is 1.84 bits per heavy atom. The third-order valence-electron chi connectivity index (χ3n) is 5.66. The molecule has 25 heavy (non-hydrogen) atoms. The lowest BCUT2D eigenvalue weighted by molar-refractivity contribution is 0.176. The van der Waals surface area contributed by atoms with Gasteiger partial charge in [-0.15, -0.1) is 0 Å². The highest BCUT2D eigenvalue weighted by Gasteiger charge is 2.29. The lowest BCUT2D eigenvalue weighted by atomic mass is 10.0. The average molecular weight is 345 g/mol. The highest BCUT2D eigenvalue weighted by atomic mass is 16.2. The van der Waals surface area contributed by atoms with Gasteiger partial charge >= 0.3 is 6.03 Å². The molecule has 138 valence electrons. The molecular weight excluding hydrogens is 312 g/mol. The largest absolute Gasteiger partial charge is 0.335 e. The van der Waals surface area contributed by atoms with Crippen LogP contribution in [0.5, 0.6) is 0 Å². The molecular formula is C20H32N4O. The van der Waals surface area contributed by atoms with Crippen LogP contribution >= 0.6 is 0 Å². The van der Waals surface area contributed by atoms with Gasteiger partial charge in [0.25, 0.3) is 0 Å². The minimum Gasteiger partial charge on any atom is -0.335 e. The monoisotopic (exact) mass is 344 g/mol. The molecule has 0 saturated carbocycles. The number of likely N-dealkylation sites (tertiary alicyclic amines) is 2. The summed E-state index contributed by atoms with van der Waals surface area (Å²) in [7, 11) is 4.19. The summed E-state index contributed by atoms with van der Waals surface area (Å²) in [5, 5.41) is 3.26. The number of amides is 2. The molecule has 0 radical (unpaired) electrons. The van der Waals surface area contributed by atoms with E-state index in [1.165, 1.54) is 5.56 Å². The fraction of sp³-hybridized carbons (Fsp3) is 0.650. The summed E-state index contributed by atoms with van der Waals surface area (Å²) in [6.45, 7) is 5.01. The number of hydrogen-bond acceptors (Lipinski definition) is 3. The van der Waals surface area contributed by atoms with Crippen molar-refractivity contribution in [2.24, 2.45) is 0 Å². The predicted molar refractivity (Wildman–Crippen MR) is 102 cm³/mol. The SMILES string of the molecule is CN(C)C1CCN(C(=O)NC2CCN(CCc3ccccc3)CC2)C1. The molecule has 0 spiro atoms. The Balaban J connectivity index is 1.36. The van der Waals surface area contributed by atoms with Crippen LogP contribution in [0.15, 0.2) is 30.3 Å². The first kappa shape index (κ1) is 18.2. The van der Waals surface area contributed by atoms with E-state index in [2.05, 4.69) is 59.5 Å². The summed E-state index contributed by atoms with van der Waals surface area (Å²) < 4.78 is 0. The smallest absolute Gasteiger partial charge is 0.317 e. The number of likely N-dealkylation sites (N-methyl/N-ethyl adjacent to an activating group) is 1. The van der Waals surface area contributed by atoms with Crippen molar-refractivity contribution in [2.75, 3.05) is 46.8 Å². The summed E-state index contributed by atoms with van der Waals surface area (Å²) in [4.78, 5) is 19.2. The topological polar surface area (TPSA) is 38.8 Å². The minimum absolute atomic E-state index is 0.132. The summed E-state index contributed by atoms with van der Waals surface area (Å²) in [5.74, 6) is 0. The van der Waals surface area contributed by atoms with Crippen LogP contribution in [-0.4, -0.2) is 79.6 Å². The normalized spacial score (nSPS) is 22.5. The van der Waals surface area contributed by atoms with E-state index in [1.54, 1.807) is 0 Å². The van der Waals surface area contributed by atoms with Crippen molar-refractivity contribution in [3.63, 3.8) is 0 Å². The number of nitrogens with zero attached hydrogens (tertiary/aromatic N) is 3. The molecule has 2 saturated heterocycles. The van der Waals surface area contributed by atoms with Crippen LogP contribution in [0.1, 0.15) is 24.8 Å². The van der Waals surface area contributed by atoms with Crippen LogP contribution in [0.3, 0.4) is 0 Å². The molecule has 0 aromatic heterocycles. The van der Waals surface area contributed by atoms with Gasteiger partial charge in [0.1, 0.15) is 0 Å². The maximum absolute atomic E-state index is 12.5. The van der Waals surface area contributed by atoms with Gasteiger partial charge in [0.15, 0.2) is 0 Å². The Morgan fingerprint density at radius 3 is 2.48 bits per heavy atom. The molecule has 0 aliphatic carbocycles. The van der Waals surface area contributed by atoms with Crippen molar-refractivity contribution in [2.45, 2.75) is 37.8 Å². The van der Waals surface area contributed by atoms with Crippen molar-refractivity contribution in [3.8, 4) is 0 Å². The van der Waals surface area contributed by atoms with Crippen LogP contribution in [-0.2, 0) is 6.42 Å². The molecule has 3 rings (SSSR count). The first-order valence-electron chi connectivity index (χ1n) is 9.60. The first-order chi connectivity index (χ1) is 12.1. The van der Waals surface area contributed by atoms with Gasteiger partial charge in [-0.3, -0.25) is 0 Å². The van der Waals surface area contributed by atoms with Gasteiger partial charge in [0.2, 0.25) is 0 Å². The zero-order valence-electron chi connectivity index (χ0n) is 15.7. The number of rotatable bonds is 5. The van der Waals surface area contributed by atoms with E-state index in [4.69, 9.17) is 0 Å². The van der Waals surface area contributed by atoms with Crippen molar-refractivity contribution < 1.29 is 4.79 Å². The maximum atomic E-state index is 12.5. The standard InChI is InChI=1S/C20H32N4O/c1-22(2)19-11-15-24(16-19)20(25)21-18-9-13-23(14-10-18)12-8-17-6-4-3-5-7-17/h3-7,18-19H,8-16H2,1-2H3,(H,21,25). The first-order valence-corrected chi connectivity index (χ1v) is 9.60. The number of benzene rings is 1. The molecule has 1 unspecified atom stereocenters. The van der Waals surface area contributed by atoms with Crippen LogP contribution in [0.4, 0.5) is 4.79 Å². The van der Waals surface area contributed by atoms with Gasteiger partial charge in [0, 0.05) is 44.8 Å². The molecule has 1 N–H and O–H groups in total. The Hall–Kier alpha value is -1.59. The zero-order valence-corrected chi connectivity index (χ0v) is 15.7. The maximum Gasteiger partial charge on any atom is 0.317 e. The lowest BCUT2D eigenvalue weighted by Gasteiger charge is -2.33. The number of urea groups is 1. The number of piperidine rings is 1. The highest BCUT2D eigenvalue weighted by Crippen LogP contribution is 2.15. The molecule has 2 aliphatic heterocycles. The molecule has 1 aromatic rings. The van der Waals surface area contributed by atoms with E-state index in [9.17, 15) is 4.79 Å². The molecule has 2 heterocycles. The molecule has 2 amide bonds. The number of nitrogens with one attached hydrogen (secondary N) is 1. The third kappa shape index (κ3) is 5.19. The fourth-order valence-electron chi connectivity index (χ4n) is 3.85. The zero-order chi connectivity index (χ0) is 17.6. The lowest BCUT2D eigenvalue weighted by Crippen LogP contribution is -2.49. The van der Waals surface area contributed by atoms with Crippen LogP contribution < -0.4 is 5.32 Å². The van der Waals surface area contributed by atoms with Crippen LogP contribution in [0.2, 0.25) is 0 Å².